The van der Waals surface area contributed by atoms with Gasteiger partial charge in [-0.3, -0.25) is 11.3 Å². The fourth-order valence-electron chi connectivity index (χ4n) is 2.71. The average molecular weight is 315 g/mol. The largest absolute Gasteiger partial charge is 0.381 e. The summed E-state index contributed by atoms with van der Waals surface area (Å²) in [7, 11) is 0. The summed E-state index contributed by atoms with van der Waals surface area (Å²) in [5, 5.41) is 0. The summed E-state index contributed by atoms with van der Waals surface area (Å²) >= 11 is 0. The Bertz CT molecular complexity index is 233. The Morgan fingerprint density at radius 2 is 1.45 bits per heavy atom. The second-order valence-corrected chi connectivity index (χ2v) is 7.64. The predicted molar refractivity (Wildman–Crippen MR) is 97.7 cm³/mol. The van der Waals surface area contributed by atoms with E-state index in [1.165, 1.54) is 44.9 Å². The van der Waals surface area contributed by atoms with E-state index < -0.39 is 0 Å². The van der Waals surface area contributed by atoms with Gasteiger partial charge in [0, 0.05) is 19.3 Å². The van der Waals surface area contributed by atoms with Crippen molar-refractivity contribution in [1.82, 2.24) is 5.43 Å². The Morgan fingerprint density at radius 3 is 2.00 bits per heavy atom. The molecule has 3 heteroatoms. The molecule has 0 rings (SSSR count). The molecule has 0 amide bonds. The van der Waals surface area contributed by atoms with E-state index in [-0.39, 0.29) is 0 Å². The van der Waals surface area contributed by atoms with Crippen LogP contribution in [0.25, 0.3) is 0 Å². The second kappa shape index (κ2) is 14.5. The van der Waals surface area contributed by atoms with E-state index in [0.717, 1.165) is 25.6 Å². The summed E-state index contributed by atoms with van der Waals surface area (Å²) in [4.78, 5) is 0. The third-order valence-electron chi connectivity index (χ3n) is 4.51. The summed E-state index contributed by atoms with van der Waals surface area (Å²) in [6, 6.07) is 0.437. The number of hydrogen-bond acceptors (Lipinski definition) is 3. The number of nitrogens with two attached hydrogens (primary N) is 1. The number of nitrogens with one attached hydrogen (secondary N) is 1. The third kappa shape index (κ3) is 13.5. The van der Waals surface area contributed by atoms with Crippen molar-refractivity contribution in [2.24, 2.45) is 23.6 Å². The summed E-state index contributed by atoms with van der Waals surface area (Å²) in [5.41, 5.74) is 3.00. The molecular formula is C19H42N2O. The van der Waals surface area contributed by atoms with Gasteiger partial charge in [-0.05, 0) is 30.6 Å². The molecule has 0 aliphatic carbocycles. The molecule has 22 heavy (non-hydrogen) atoms. The van der Waals surface area contributed by atoms with E-state index in [1.807, 2.05) is 0 Å². The summed E-state index contributed by atoms with van der Waals surface area (Å²) < 4.78 is 5.80. The summed E-state index contributed by atoms with van der Waals surface area (Å²) in [5.74, 6) is 7.79. The number of hydrazine groups is 1. The predicted octanol–water partition coefficient (Wildman–Crippen LogP) is 4.90. The van der Waals surface area contributed by atoms with Crippen molar-refractivity contribution in [2.45, 2.75) is 92.0 Å². The van der Waals surface area contributed by atoms with Crippen LogP contribution in [0.4, 0.5) is 0 Å². The molecule has 0 saturated carbocycles. The van der Waals surface area contributed by atoms with Gasteiger partial charge in [0.25, 0.3) is 0 Å². The van der Waals surface area contributed by atoms with Gasteiger partial charge in [-0.25, -0.2) is 0 Å². The molecule has 0 spiro atoms. The molecule has 0 aromatic rings. The highest BCUT2D eigenvalue weighted by Gasteiger charge is 2.12. The maximum absolute atomic E-state index is 5.80. The minimum atomic E-state index is 0.437. The average Bonchev–Trinajstić information content (AvgIpc) is 2.48. The van der Waals surface area contributed by atoms with Crippen LogP contribution in [0, 0.1) is 17.8 Å². The lowest BCUT2D eigenvalue weighted by Crippen LogP contribution is -2.37. The van der Waals surface area contributed by atoms with Gasteiger partial charge in [0.2, 0.25) is 0 Å². The first-order chi connectivity index (χ1) is 10.5. The molecule has 0 aliphatic heterocycles. The van der Waals surface area contributed by atoms with E-state index in [9.17, 15) is 0 Å². The van der Waals surface area contributed by atoms with Crippen molar-refractivity contribution in [3.63, 3.8) is 0 Å². The van der Waals surface area contributed by atoms with Crippen LogP contribution in [0.15, 0.2) is 0 Å². The monoisotopic (exact) mass is 314 g/mol. The first-order valence-electron chi connectivity index (χ1n) is 9.53. The van der Waals surface area contributed by atoms with Crippen LogP contribution in [-0.2, 0) is 4.74 Å². The lowest BCUT2D eigenvalue weighted by molar-refractivity contribution is 0.0733. The zero-order valence-electron chi connectivity index (χ0n) is 15.9. The van der Waals surface area contributed by atoms with Crippen LogP contribution >= 0.6 is 0 Å². The second-order valence-electron chi connectivity index (χ2n) is 7.64. The van der Waals surface area contributed by atoms with E-state index in [4.69, 9.17) is 10.6 Å². The van der Waals surface area contributed by atoms with E-state index in [2.05, 4.69) is 40.0 Å². The molecule has 134 valence electrons. The fraction of sp³-hybridized carbons (Fsp3) is 1.00. The topological polar surface area (TPSA) is 47.3 Å². The normalized spacial score (nSPS) is 16.0. The van der Waals surface area contributed by atoms with Crippen LogP contribution < -0.4 is 11.3 Å². The number of unbranched alkanes of at least 4 members (excludes halogenated alkanes) is 3. The number of hydrogen-bond donors (Lipinski definition) is 2. The van der Waals surface area contributed by atoms with Crippen molar-refractivity contribution >= 4 is 0 Å². The molecule has 0 aromatic heterocycles. The summed E-state index contributed by atoms with van der Waals surface area (Å²) in [6.45, 7) is 13.1. The van der Waals surface area contributed by atoms with Crippen LogP contribution in [0.5, 0.6) is 0 Å². The number of rotatable bonds is 15. The molecule has 0 radical (unpaired) electrons. The van der Waals surface area contributed by atoms with Crippen LogP contribution in [0.1, 0.15) is 86.0 Å². The molecule has 3 unspecified atom stereocenters. The van der Waals surface area contributed by atoms with Gasteiger partial charge < -0.3 is 4.74 Å². The molecule has 0 aromatic carbocycles. The van der Waals surface area contributed by atoms with Crippen LogP contribution in [-0.4, -0.2) is 19.3 Å². The highest BCUT2D eigenvalue weighted by atomic mass is 16.5. The van der Waals surface area contributed by atoms with E-state index in [0.29, 0.717) is 17.9 Å². The van der Waals surface area contributed by atoms with Gasteiger partial charge in [-0.15, -0.1) is 0 Å². The highest BCUT2D eigenvalue weighted by molar-refractivity contribution is 4.68. The van der Waals surface area contributed by atoms with Gasteiger partial charge in [-0.2, -0.15) is 0 Å². The fourth-order valence-corrected chi connectivity index (χ4v) is 2.71. The van der Waals surface area contributed by atoms with E-state index >= 15 is 0 Å². The Morgan fingerprint density at radius 1 is 0.864 bits per heavy atom. The van der Waals surface area contributed by atoms with Gasteiger partial charge in [0.15, 0.2) is 0 Å². The highest BCUT2D eigenvalue weighted by Crippen LogP contribution is 2.15. The van der Waals surface area contributed by atoms with Crippen LogP contribution in [0.2, 0.25) is 0 Å². The molecule has 0 aliphatic rings. The zero-order valence-corrected chi connectivity index (χ0v) is 15.9. The van der Waals surface area contributed by atoms with Gasteiger partial charge in [-0.1, -0.05) is 73.1 Å². The van der Waals surface area contributed by atoms with Gasteiger partial charge in [0.05, 0.1) is 0 Å². The molecule has 3 N–H and O–H groups in total. The minimum absolute atomic E-state index is 0.437. The molecule has 3 nitrogen and oxygen atoms in total. The van der Waals surface area contributed by atoms with Gasteiger partial charge >= 0.3 is 0 Å². The number of ether oxygens (including phenoxy) is 1. The van der Waals surface area contributed by atoms with Crippen molar-refractivity contribution in [3.05, 3.63) is 0 Å². The standard InChI is InChI=1S/C19H42N2O/c1-6-17(4)14-22-15-18(5)13-19(21-20)12-10-8-7-9-11-16(2)3/h16-19,21H,6-15,20H2,1-5H3. The third-order valence-corrected chi connectivity index (χ3v) is 4.51. The van der Waals surface area contributed by atoms with Crippen LogP contribution in [0.3, 0.4) is 0 Å². The smallest absolute Gasteiger partial charge is 0.0492 e. The Balaban J connectivity index is 3.63. The Labute approximate surface area is 139 Å². The maximum atomic E-state index is 5.80. The van der Waals surface area contributed by atoms with Crippen molar-refractivity contribution in [3.8, 4) is 0 Å². The zero-order chi connectivity index (χ0) is 16.8. The minimum Gasteiger partial charge on any atom is -0.381 e. The van der Waals surface area contributed by atoms with Gasteiger partial charge in [0.1, 0.15) is 0 Å². The quantitative estimate of drug-likeness (QED) is 0.257. The SMILES string of the molecule is CCC(C)COCC(C)CC(CCCCCCC(C)C)NN. The Hall–Kier alpha value is -0.120. The molecule has 0 heterocycles. The Kier molecular flexibility index (Phi) is 14.4. The van der Waals surface area contributed by atoms with Crippen molar-refractivity contribution in [2.75, 3.05) is 13.2 Å². The van der Waals surface area contributed by atoms with Crippen molar-refractivity contribution < 1.29 is 4.74 Å². The van der Waals surface area contributed by atoms with E-state index in [1.54, 1.807) is 0 Å². The van der Waals surface area contributed by atoms with Crippen molar-refractivity contribution in [1.29, 1.82) is 0 Å². The molecular weight excluding hydrogens is 272 g/mol. The first-order valence-corrected chi connectivity index (χ1v) is 9.53. The molecule has 0 fully saturated rings. The first kappa shape index (κ1) is 21.9. The molecule has 3 atom stereocenters. The lowest BCUT2D eigenvalue weighted by Gasteiger charge is -2.21. The maximum Gasteiger partial charge on any atom is 0.0492 e. The molecule has 0 saturated heterocycles. The summed E-state index contributed by atoms with van der Waals surface area (Å²) in [6.07, 6.45) is 10.2. The molecule has 0 bridgehead atoms. The lowest BCUT2D eigenvalue weighted by atomic mass is 9.97.